The zero-order valence-electron chi connectivity index (χ0n) is 10.8. The van der Waals surface area contributed by atoms with E-state index in [2.05, 4.69) is 10.5 Å². The molecule has 1 aromatic heterocycles. The average Bonchev–Trinajstić information content (AvgIpc) is 2.68. The Bertz CT molecular complexity index is 582. The van der Waals surface area contributed by atoms with Gasteiger partial charge >= 0.3 is 0 Å². The third-order valence-corrected chi connectivity index (χ3v) is 3.27. The van der Waals surface area contributed by atoms with E-state index in [1.807, 2.05) is 20.0 Å². The van der Waals surface area contributed by atoms with Gasteiger partial charge in [0.25, 0.3) is 0 Å². The lowest BCUT2D eigenvalue weighted by molar-refractivity contribution is 0.495. The van der Waals surface area contributed by atoms with Gasteiger partial charge < -0.3 is 0 Å². The third kappa shape index (κ3) is 3.12. The topological polar surface area (TPSA) is 55.9 Å². The summed E-state index contributed by atoms with van der Waals surface area (Å²) < 4.78 is 15.5. The van der Waals surface area contributed by atoms with E-state index in [9.17, 15) is 4.39 Å². The van der Waals surface area contributed by atoms with Crippen molar-refractivity contribution in [2.45, 2.75) is 19.4 Å². The minimum absolute atomic E-state index is 0.207. The van der Waals surface area contributed by atoms with Gasteiger partial charge in [0, 0.05) is 12.1 Å². The van der Waals surface area contributed by atoms with Crippen LogP contribution in [0, 0.1) is 12.7 Å². The van der Waals surface area contributed by atoms with Crippen LogP contribution in [0.1, 0.15) is 23.0 Å². The van der Waals surface area contributed by atoms with E-state index in [4.69, 9.17) is 17.4 Å². The number of hydrogen-bond acceptors (Lipinski definition) is 3. The third-order valence-electron chi connectivity index (χ3n) is 3.04. The van der Waals surface area contributed by atoms with Gasteiger partial charge in [-0.2, -0.15) is 5.10 Å². The predicted octanol–water partition coefficient (Wildman–Crippen LogP) is 2.27. The van der Waals surface area contributed by atoms with Gasteiger partial charge in [0.2, 0.25) is 0 Å². The normalized spacial score (nSPS) is 12.7. The molecule has 0 spiro atoms. The van der Waals surface area contributed by atoms with Crippen molar-refractivity contribution in [2.75, 3.05) is 0 Å². The maximum atomic E-state index is 13.8. The Kier molecular flexibility index (Phi) is 4.19. The highest BCUT2D eigenvalue weighted by atomic mass is 35.5. The van der Waals surface area contributed by atoms with Crippen LogP contribution in [-0.4, -0.2) is 9.78 Å². The number of halogens is 2. The predicted molar refractivity (Wildman–Crippen MR) is 73.1 cm³/mol. The van der Waals surface area contributed by atoms with Gasteiger partial charge in [-0.15, -0.1) is 0 Å². The molecule has 0 aliphatic heterocycles. The Morgan fingerprint density at radius 3 is 2.74 bits per heavy atom. The van der Waals surface area contributed by atoms with Gasteiger partial charge in [-0.3, -0.25) is 16.0 Å². The van der Waals surface area contributed by atoms with E-state index in [-0.39, 0.29) is 11.9 Å². The highest BCUT2D eigenvalue weighted by Crippen LogP contribution is 2.22. The molecule has 0 aliphatic carbocycles. The summed E-state index contributed by atoms with van der Waals surface area (Å²) in [6, 6.07) is 6.37. The molecule has 0 saturated carbocycles. The van der Waals surface area contributed by atoms with Crippen LogP contribution in [-0.2, 0) is 13.5 Å². The molecule has 0 radical (unpaired) electrons. The lowest BCUT2D eigenvalue weighted by Crippen LogP contribution is -2.31. The molecule has 2 aromatic rings. The number of aryl methyl sites for hydroxylation is 2. The molecule has 1 atom stereocenters. The van der Waals surface area contributed by atoms with E-state index in [0.717, 1.165) is 11.4 Å². The number of aromatic nitrogens is 2. The van der Waals surface area contributed by atoms with Gasteiger partial charge in [0.15, 0.2) is 0 Å². The summed E-state index contributed by atoms with van der Waals surface area (Å²) in [5, 5.41) is 4.65. The summed E-state index contributed by atoms with van der Waals surface area (Å²) in [5.74, 6) is 5.24. The number of hydrogen-bond donors (Lipinski definition) is 2. The molecule has 6 heteroatoms. The second kappa shape index (κ2) is 5.69. The first kappa shape index (κ1) is 14.0. The number of rotatable bonds is 4. The number of nitrogens with one attached hydrogen (secondary N) is 1. The summed E-state index contributed by atoms with van der Waals surface area (Å²) in [6.45, 7) is 1.90. The molecule has 0 amide bonds. The van der Waals surface area contributed by atoms with Crippen molar-refractivity contribution in [1.29, 1.82) is 0 Å². The lowest BCUT2D eigenvalue weighted by atomic mass is 10.0. The van der Waals surface area contributed by atoms with Crippen molar-refractivity contribution >= 4 is 11.6 Å². The van der Waals surface area contributed by atoms with Crippen LogP contribution in [0.5, 0.6) is 0 Å². The van der Waals surface area contributed by atoms with Crippen molar-refractivity contribution in [1.82, 2.24) is 15.2 Å². The van der Waals surface area contributed by atoms with Gasteiger partial charge in [0.1, 0.15) is 5.82 Å². The van der Waals surface area contributed by atoms with Gasteiger partial charge in [-0.25, -0.2) is 4.39 Å². The molecular formula is C13H16ClFN4. The van der Waals surface area contributed by atoms with E-state index >= 15 is 0 Å². The standard InChI is InChI=1S/C13H16ClFN4/c1-8-5-13(19(2)18-8)12(17-16)6-9-3-4-10(14)7-11(9)15/h3-5,7,12,17H,6,16H2,1-2H3. The Hall–Kier alpha value is -1.43. The Balaban J connectivity index is 2.26. The summed E-state index contributed by atoms with van der Waals surface area (Å²) in [4.78, 5) is 0. The number of nitrogens with two attached hydrogens (primary N) is 1. The molecule has 4 nitrogen and oxygen atoms in total. The molecule has 0 fully saturated rings. The molecular weight excluding hydrogens is 267 g/mol. The molecule has 1 unspecified atom stereocenters. The quantitative estimate of drug-likeness (QED) is 0.668. The highest BCUT2D eigenvalue weighted by Gasteiger charge is 2.17. The zero-order chi connectivity index (χ0) is 14.0. The molecule has 0 aliphatic rings. The van der Waals surface area contributed by atoms with E-state index in [0.29, 0.717) is 17.0 Å². The fourth-order valence-corrected chi connectivity index (χ4v) is 2.27. The summed E-state index contributed by atoms with van der Waals surface area (Å²) in [5.41, 5.74) is 5.07. The highest BCUT2D eigenvalue weighted by molar-refractivity contribution is 6.30. The summed E-state index contributed by atoms with van der Waals surface area (Å²) in [7, 11) is 1.84. The second-order valence-corrected chi connectivity index (χ2v) is 4.93. The number of hydrazine groups is 1. The first-order valence-electron chi connectivity index (χ1n) is 5.92. The molecule has 19 heavy (non-hydrogen) atoms. The minimum Gasteiger partial charge on any atom is -0.271 e. The SMILES string of the molecule is Cc1cc(C(Cc2ccc(Cl)cc2F)NN)n(C)n1. The van der Waals surface area contributed by atoms with Crippen LogP contribution >= 0.6 is 11.6 Å². The van der Waals surface area contributed by atoms with Crippen LogP contribution in [0.3, 0.4) is 0 Å². The zero-order valence-corrected chi connectivity index (χ0v) is 11.6. The smallest absolute Gasteiger partial charge is 0.127 e. The van der Waals surface area contributed by atoms with Crippen LogP contribution in [0.15, 0.2) is 24.3 Å². The minimum atomic E-state index is -0.327. The van der Waals surface area contributed by atoms with Crippen LogP contribution in [0.4, 0.5) is 4.39 Å². The van der Waals surface area contributed by atoms with Crippen LogP contribution in [0.25, 0.3) is 0 Å². The molecule has 0 saturated heterocycles. The second-order valence-electron chi connectivity index (χ2n) is 4.49. The van der Waals surface area contributed by atoms with Crippen LogP contribution in [0.2, 0.25) is 5.02 Å². The van der Waals surface area contributed by atoms with E-state index in [1.54, 1.807) is 16.8 Å². The Labute approximate surface area is 116 Å². The maximum absolute atomic E-state index is 13.8. The fourth-order valence-electron chi connectivity index (χ4n) is 2.11. The summed E-state index contributed by atoms with van der Waals surface area (Å²) >= 11 is 5.74. The molecule has 3 N–H and O–H groups in total. The van der Waals surface area contributed by atoms with Gasteiger partial charge in [-0.05, 0) is 37.1 Å². The van der Waals surface area contributed by atoms with E-state index < -0.39 is 0 Å². The first-order valence-corrected chi connectivity index (χ1v) is 6.29. The molecule has 1 aromatic carbocycles. The Morgan fingerprint density at radius 2 is 2.21 bits per heavy atom. The van der Waals surface area contributed by atoms with Gasteiger partial charge in [-0.1, -0.05) is 17.7 Å². The van der Waals surface area contributed by atoms with Crippen molar-refractivity contribution in [3.8, 4) is 0 Å². The van der Waals surface area contributed by atoms with Crippen molar-refractivity contribution in [3.05, 3.63) is 52.1 Å². The summed E-state index contributed by atoms with van der Waals surface area (Å²) in [6.07, 6.45) is 0.429. The monoisotopic (exact) mass is 282 g/mol. The maximum Gasteiger partial charge on any atom is 0.127 e. The van der Waals surface area contributed by atoms with E-state index in [1.165, 1.54) is 6.07 Å². The number of nitrogens with zero attached hydrogens (tertiary/aromatic N) is 2. The number of benzene rings is 1. The van der Waals surface area contributed by atoms with Crippen LogP contribution < -0.4 is 11.3 Å². The fraction of sp³-hybridized carbons (Fsp3) is 0.308. The molecule has 102 valence electrons. The Morgan fingerprint density at radius 1 is 1.47 bits per heavy atom. The lowest BCUT2D eigenvalue weighted by Gasteiger charge is -2.16. The molecule has 2 rings (SSSR count). The molecule has 1 heterocycles. The molecule has 0 bridgehead atoms. The largest absolute Gasteiger partial charge is 0.271 e. The van der Waals surface area contributed by atoms with Crippen molar-refractivity contribution < 1.29 is 4.39 Å². The van der Waals surface area contributed by atoms with Gasteiger partial charge in [0.05, 0.1) is 17.4 Å². The van der Waals surface area contributed by atoms with Crippen molar-refractivity contribution in [2.24, 2.45) is 12.9 Å². The average molecular weight is 283 g/mol. The first-order chi connectivity index (χ1) is 9.01. The van der Waals surface area contributed by atoms with Crippen molar-refractivity contribution in [3.63, 3.8) is 0 Å².